The number of ether oxygens (including phenoxy) is 1. The molecule has 0 saturated carbocycles. The molecular formula is C21H22N4O3. The molecule has 1 aliphatic heterocycles. The van der Waals surface area contributed by atoms with Crippen LogP contribution < -0.4 is 10.1 Å². The van der Waals surface area contributed by atoms with E-state index < -0.39 is 0 Å². The third kappa shape index (κ3) is 3.83. The second kappa shape index (κ2) is 8.12. The van der Waals surface area contributed by atoms with Gasteiger partial charge in [-0.05, 0) is 23.3 Å². The Hall–Kier alpha value is -3.35. The van der Waals surface area contributed by atoms with Crippen molar-refractivity contribution in [3.63, 3.8) is 0 Å². The van der Waals surface area contributed by atoms with Crippen molar-refractivity contribution in [2.24, 2.45) is 0 Å². The van der Waals surface area contributed by atoms with Gasteiger partial charge < -0.3 is 19.5 Å². The van der Waals surface area contributed by atoms with Crippen molar-refractivity contribution in [3.8, 4) is 5.75 Å². The Morgan fingerprint density at radius 1 is 1.14 bits per heavy atom. The van der Waals surface area contributed by atoms with E-state index in [1.165, 1.54) is 12.0 Å². The maximum Gasteiger partial charge on any atom is 0.317 e. The molecule has 2 amide bonds. The highest BCUT2D eigenvalue weighted by Gasteiger charge is 2.39. The van der Waals surface area contributed by atoms with E-state index in [2.05, 4.69) is 27.6 Å². The van der Waals surface area contributed by atoms with E-state index >= 15 is 0 Å². The van der Waals surface area contributed by atoms with Crippen molar-refractivity contribution < 1.29 is 14.1 Å². The van der Waals surface area contributed by atoms with Gasteiger partial charge in [-0.3, -0.25) is 0 Å². The summed E-state index contributed by atoms with van der Waals surface area (Å²) in [7, 11) is 1.63. The smallest absolute Gasteiger partial charge is 0.317 e. The van der Waals surface area contributed by atoms with Gasteiger partial charge in [-0.1, -0.05) is 47.6 Å². The van der Waals surface area contributed by atoms with E-state index in [-0.39, 0.29) is 17.9 Å². The summed E-state index contributed by atoms with van der Waals surface area (Å²) in [5.41, 5.74) is 2.19. The first-order valence-electron chi connectivity index (χ1n) is 9.21. The quantitative estimate of drug-likeness (QED) is 0.738. The molecule has 0 radical (unpaired) electrons. The highest BCUT2D eigenvalue weighted by molar-refractivity contribution is 5.75. The molecule has 1 aromatic heterocycles. The Morgan fingerprint density at radius 3 is 2.57 bits per heavy atom. The highest BCUT2D eigenvalue weighted by Crippen LogP contribution is 2.38. The Labute approximate surface area is 163 Å². The van der Waals surface area contributed by atoms with Crippen molar-refractivity contribution >= 4 is 6.03 Å². The maximum atomic E-state index is 12.8. The molecule has 0 unspecified atom stereocenters. The second-order valence-corrected chi connectivity index (χ2v) is 6.82. The number of nitrogens with zero attached hydrogens (tertiary/aromatic N) is 3. The van der Waals surface area contributed by atoms with Crippen LogP contribution in [0.1, 0.15) is 28.8 Å². The Morgan fingerprint density at radius 2 is 1.89 bits per heavy atom. The third-order valence-corrected chi connectivity index (χ3v) is 5.15. The van der Waals surface area contributed by atoms with Crippen LogP contribution >= 0.6 is 0 Å². The first-order valence-corrected chi connectivity index (χ1v) is 9.21. The number of likely N-dealkylation sites (tertiary alicyclic amines) is 1. The molecule has 1 N–H and O–H groups in total. The minimum atomic E-state index is -0.0947. The highest BCUT2D eigenvalue weighted by atomic mass is 16.5. The van der Waals surface area contributed by atoms with E-state index in [9.17, 15) is 4.79 Å². The largest absolute Gasteiger partial charge is 0.497 e. The number of methoxy groups -OCH3 is 1. The fourth-order valence-corrected chi connectivity index (χ4v) is 3.64. The SMILES string of the molecule is COc1ccc(CNC(=O)N2C[C@H](c3ccccc3)[C@H](c3ncon3)C2)cc1. The average molecular weight is 378 g/mol. The fraction of sp³-hybridized carbons (Fsp3) is 0.286. The summed E-state index contributed by atoms with van der Waals surface area (Å²) in [5, 5.41) is 7.02. The van der Waals surface area contributed by atoms with E-state index in [1.807, 2.05) is 47.4 Å². The molecule has 3 aromatic rings. The van der Waals surface area contributed by atoms with Crippen LogP contribution in [0.25, 0.3) is 0 Å². The molecule has 1 fully saturated rings. The van der Waals surface area contributed by atoms with Gasteiger partial charge in [-0.2, -0.15) is 4.98 Å². The third-order valence-electron chi connectivity index (χ3n) is 5.15. The van der Waals surface area contributed by atoms with Crippen molar-refractivity contribution in [1.29, 1.82) is 0 Å². The maximum absolute atomic E-state index is 12.8. The normalized spacial score (nSPS) is 18.8. The lowest BCUT2D eigenvalue weighted by atomic mass is 9.88. The summed E-state index contributed by atoms with van der Waals surface area (Å²) >= 11 is 0. The van der Waals surface area contributed by atoms with Crippen molar-refractivity contribution in [2.45, 2.75) is 18.4 Å². The monoisotopic (exact) mass is 378 g/mol. The van der Waals surface area contributed by atoms with Gasteiger partial charge in [-0.15, -0.1) is 0 Å². The van der Waals surface area contributed by atoms with Crippen LogP contribution in [0.3, 0.4) is 0 Å². The molecule has 0 spiro atoms. The topological polar surface area (TPSA) is 80.5 Å². The number of urea groups is 1. The van der Waals surface area contributed by atoms with Gasteiger partial charge >= 0.3 is 6.03 Å². The Balaban J connectivity index is 1.44. The van der Waals surface area contributed by atoms with Gasteiger partial charge in [0.15, 0.2) is 5.82 Å². The standard InChI is InChI=1S/C21H22N4O3/c1-27-17-9-7-15(8-10-17)11-22-21(26)25-12-18(16-5-3-2-4-6-16)19(13-25)20-23-14-28-24-20/h2-10,14,18-19H,11-13H2,1H3,(H,22,26)/t18-,19-/m1/s1. The van der Waals surface area contributed by atoms with Gasteiger partial charge in [0.05, 0.1) is 7.11 Å². The van der Waals surface area contributed by atoms with Gasteiger partial charge in [0.1, 0.15) is 5.75 Å². The summed E-state index contributed by atoms with van der Waals surface area (Å²) in [4.78, 5) is 18.8. The lowest BCUT2D eigenvalue weighted by Crippen LogP contribution is -2.38. The number of hydrogen-bond donors (Lipinski definition) is 1. The minimum Gasteiger partial charge on any atom is -0.497 e. The number of benzene rings is 2. The lowest BCUT2D eigenvalue weighted by molar-refractivity contribution is 0.207. The molecule has 7 nitrogen and oxygen atoms in total. The predicted octanol–water partition coefficient (Wildman–Crippen LogP) is 3.17. The van der Waals surface area contributed by atoms with Crippen LogP contribution in [0, 0.1) is 0 Å². The second-order valence-electron chi connectivity index (χ2n) is 6.82. The zero-order chi connectivity index (χ0) is 19.3. The molecule has 144 valence electrons. The molecule has 2 atom stereocenters. The number of amides is 2. The predicted molar refractivity (Wildman–Crippen MR) is 103 cm³/mol. The molecular weight excluding hydrogens is 356 g/mol. The van der Waals surface area contributed by atoms with Gasteiger partial charge in [-0.25, -0.2) is 4.79 Å². The zero-order valence-electron chi connectivity index (χ0n) is 15.6. The van der Waals surface area contributed by atoms with Gasteiger partial charge in [0.2, 0.25) is 6.39 Å². The molecule has 1 saturated heterocycles. The average Bonchev–Trinajstić information content (AvgIpc) is 3.43. The van der Waals surface area contributed by atoms with E-state index in [1.54, 1.807) is 7.11 Å². The summed E-state index contributed by atoms with van der Waals surface area (Å²) in [6.45, 7) is 1.62. The number of carbonyl (C=O) groups is 1. The lowest BCUT2D eigenvalue weighted by Gasteiger charge is -2.17. The first kappa shape index (κ1) is 18.0. The van der Waals surface area contributed by atoms with Crippen LogP contribution in [0.4, 0.5) is 4.79 Å². The number of hydrogen-bond acceptors (Lipinski definition) is 5. The molecule has 7 heteroatoms. The molecule has 4 rings (SSSR count). The van der Waals surface area contributed by atoms with E-state index in [4.69, 9.17) is 9.26 Å². The van der Waals surface area contributed by atoms with Crippen molar-refractivity contribution in [2.75, 3.05) is 20.2 Å². The molecule has 0 aliphatic carbocycles. The number of nitrogens with one attached hydrogen (secondary N) is 1. The van der Waals surface area contributed by atoms with E-state index in [0.717, 1.165) is 11.3 Å². The Kier molecular flexibility index (Phi) is 5.23. The van der Waals surface area contributed by atoms with Crippen molar-refractivity contribution in [1.82, 2.24) is 20.4 Å². The van der Waals surface area contributed by atoms with E-state index in [0.29, 0.717) is 25.5 Å². The number of carbonyl (C=O) groups excluding carboxylic acids is 1. The molecule has 0 bridgehead atoms. The summed E-state index contributed by atoms with van der Waals surface area (Å²) < 4.78 is 10.1. The number of rotatable bonds is 5. The van der Waals surface area contributed by atoms with Gasteiger partial charge in [0, 0.05) is 31.5 Å². The molecule has 2 aromatic carbocycles. The summed E-state index contributed by atoms with van der Waals surface area (Å²) in [6.07, 6.45) is 1.34. The Bertz CT molecular complexity index is 897. The van der Waals surface area contributed by atoms with Crippen LogP contribution in [0.15, 0.2) is 65.5 Å². The summed E-state index contributed by atoms with van der Waals surface area (Å²) in [5.74, 6) is 1.57. The van der Waals surface area contributed by atoms with Crippen LogP contribution in [0.5, 0.6) is 5.75 Å². The number of aromatic nitrogens is 2. The summed E-state index contributed by atoms with van der Waals surface area (Å²) in [6, 6.07) is 17.7. The minimum absolute atomic E-state index is 0.00730. The fourth-order valence-electron chi connectivity index (χ4n) is 3.64. The van der Waals surface area contributed by atoms with Crippen molar-refractivity contribution in [3.05, 3.63) is 77.9 Å². The first-order chi connectivity index (χ1) is 13.7. The zero-order valence-corrected chi connectivity index (χ0v) is 15.6. The van der Waals surface area contributed by atoms with Gasteiger partial charge in [0.25, 0.3) is 0 Å². The molecule has 1 aliphatic rings. The molecule has 2 heterocycles. The van der Waals surface area contributed by atoms with Crippen LogP contribution in [-0.4, -0.2) is 41.3 Å². The molecule has 28 heavy (non-hydrogen) atoms. The van der Waals surface area contributed by atoms with Crippen LogP contribution in [0.2, 0.25) is 0 Å². The van der Waals surface area contributed by atoms with Crippen LogP contribution in [-0.2, 0) is 6.54 Å².